The van der Waals surface area contributed by atoms with Gasteiger partial charge >= 0.3 is 0 Å². The van der Waals surface area contributed by atoms with E-state index < -0.39 is 16.1 Å². The lowest BCUT2D eigenvalue weighted by atomic mass is 9.96. The monoisotopic (exact) mass is 998 g/mol. The minimum absolute atomic E-state index is 1.15. The van der Waals surface area contributed by atoms with Crippen LogP contribution >= 0.6 is 0 Å². The highest BCUT2D eigenvalue weighted by atomic mass is 28.3. The third kappa shape index (κ3) is 6.32. The summed E-state index contributed by atoms with van der Waals surface area (Å²) in [7, 11) is -5.66. The molecular formula is C72H50N2Si2. The fourth-order valence-corrected chi connectivity index (χ4v) is 23.8. The van der Waals surface area contributed by atoms with E-state index >= 15 is 0 Å². The third-order valence-electron chi connectivity index (χ3n) is 16.5. The van der Waals surface area contributed by atoms with E-state index in [9.17, 15) is 0 Å². The normalized spacial score (nSPS) is 12.8. The van der Waals surface area contributed by atoms with Gasteiger partial charge in [-0.2, -0.15) is 0 Å². The molecule has 0 N–H and O–H groups in total. The summed E-state index contributed by atoms with van der Waals surface area (Å²) in [6, 6.07) is 114. The quantitative estimate of drug-likeness (QED) is 0.101. The highest BCUT2D eigenvalue weighted by Crippen LogP contribution is 2.44. The predicted octanol–water partition coefficient (Wildman–Crippen LogP) is 12.3. The van der Waals surface area contributed by atoms with E-state index in [4.69, 9.17) is 0 Å². The van der Waals surface area contributed by atoms with Gasteiger partial charge in [0.25, 0.3) is 0 Å². The van der Waals surface area contributed by atoms with Gasteiger partial charge in [0.05, 0.1) is 27.8 Å². The van der Waals surface area contributed by atoms with Crippen molar-refractivity contribution in [2.45, 2.75) is 0 Å². The lowest BCUT2D eigenvalue weighted by Crippen LogP contribution is -2.74. The highest BCUT2D eigenvalue weighted by Gasteiger charge is 2.50. The molecule has 76 heavy (non-hydrogen) atoms. The number of hydrogen-bond acceptors (Lipinski definition) is 0. The first-order valence-electron chi connectivity index (χ1n) is 26.4. The maximum atomic E-state index is 2.55. The minimum Gasteiger partial charge on any atom is -0.309 e. The summed E-state index contributed by atoms with van der Waals surface area (Å²) in [5.74, 6) is 0. The summed E-state index contributed by atoms with van der Waals surface area (Å²) >= 11 is 0. The SMILES string of the molecule is c1ccc([Si](c2ccccc2)(c2ccccc2)c2cccc(-n3c4ccccc4c4c(-n5c6ccccc6c6c(-c7cccc8c7[Si](c7ccccc7)(c7ccccc7)c7ccccc7-8)cccc65)cccc43)c2)cc1. The van der Waals surface area contributed by atoms with Crippen LogP contribution in [0.25, 0.3) is 77.2 Å². The molecular weight excluding hydrogens is 949 g/mol. The molecule has 356 valence electrons. The fourth-order valence-electron chi connectivity index (χ4n) is 13.6. The zero-order valence-corrected chi connectivity index (χ0v) is 43.8. The number of para-hydroxylation sites is 2. The van der Waals surface area contributed by atoms with Gasteiger partial charge in [0, 0.05) is 27.2 Å². The summed E-state index contributed by atoms with van der Waals surface area (Å²) in [6.07, 6.45) is 0. The Bertz CT molecular complexity index is 4370. The van der Waals surface area contributed by atoms with Crippen molar-refractivity contribution in [1.29, 1.82) is 0 Å². The van der Waals surface area contributed by atoms with Gasteiger partial charge in [-0.15, -0.1) is 0 Å². The van der Waals surface area contributed by atoms with Crippen molar-refractivity contribution in [2.24, 2.45) is 0 Å². The largest absolute Gasteiger partial charge is 0.309 e. The average molecular weight is 999 g/mol. The minimum atomic E-state index is -2.84. The molecule has 0 unspecified atom stereocenters. The number of hydrogen-bond donors (Lipinski definition) is 0. The molecule has 0 radical (unpaired) electrons. The van der Waals surface area contributed by atoms with Gasteiger partial charge in [0.1, 0.15) is 0 Å². The molecule has 0 saturated carbocycles. The van der Waals surface area contributed by atoms with Crippen molar-refractivity contribution in [3.05, 3.63) is 303 Å². The maximum Gasteiger partial charge on any atom is 0.181 e. The Morgan fingerprint density at radius 3 is 1.30 bits per heavy atom. The highest BCUT2D eigenvalue weighted by molar-refractivity contribution is 7.23. The van der Waals surface area contributed by atoms with Gasteiger partial charge in [-0.3, -0.25) is 0 Å². The maximum absolute atomic E-state index is 2.84. The summed E-state index contributed by atoms with van der Waals surface area (Å²) < 4.78 is 5.07. The van der Waals surface area contributed by atoms with Crippen LogP contribution in [0.5, 0.6) is 0 Å². The van der Waals surface area contributed by atoms with E-state index in [2.05, 4.69) is 312 Å². The average Bonchev–Trinajstić information content (AvgIpc) is 4.33. The Balaban J connectivity index is 0.984. The van der Waals surface area contributed by atoms with Crippen molar-refractivity contribution >= 4 is 101 Å². The Kier molecular flexibility index (Phi) is 10.3. The van der Waals surface area contributed by atoms with Crippen molar-refractivity contribution in [3.8, 4) is 33.6 Å². The summed E-state index contributed by atoms with van der Waals surface area (Å²) in [5.41, 5.74) is 12.3. The Morgan fingerprint density at radius 2 is 0.684 bits per heavy atom. The number of rotatable bonds is 9. The van der Waals surface area contributed by atoms with E-state index in [-0.39, 0.29) is 0 Å². The van der Waals surface area contributed by atoms with Crippen molar-refractivity contribution in [3.63, 3.8) is 0 Å². The number of aromatic nitrogens is 2. The molecule has 0 spiro atoms. The lowest BCUT2D eigenvalue weighted by molar-refractivity contribution is 1.17. The molecule has 1 aliphatic heterocycles. The zero-order chi connectivity index (χ0) is 50.2. The first kappa shape index (κ1) is 44.2. The standard InChI is InChI=1S/C72H50N2Si2/c1-6-27-52(28-7-1)75(53-29-8-2-9-30-53,54-31-10-3-11-32-54)57-37-22-26-51(50-57)73-64-44-19-17-40-63(64)71-67(73)47-25-48-68(71)74-65-45-20-16-39-62(65)70-59(41-24-46-66(70)74)61-43-23-42-60-58-38-18-21-49-69(58)76(72(60)61,55-33-12-4-13-34-55)56-35-14-5-15-36-56/h1-50H. The van der Waals surface area contributed by atoms with Gasteiger partial charge in [-0.1, -0.05) is 261 Å². The smallest absolute Gasteiger partial charge is 0.181 e. The Morgan fingerprint density at radius 1 is 0.276 bits per heavy atom. The molecule has 1 aliphatic rings. The number of fused-ring (bicyclic) bond motifs is 9. The Hall–Kier alpha value is -9.33. The fraction of sp³-hybridized carbons (Fsp3) is 0. The third-order valence-corrected chi connectivity index (χ3v) is 26.2. The zero-order valence-electron chi connectivity index (χ0n) is 41.8. The van der Waals surface area contributed by atoms with Crippen LogP contribution < -0.4 is 41.5 Å². The van der Waals surface area contributed by atoms with Crippen LogP contribution in [-0.4, -0.2) is 25.3 Å². The van der Waals surface area contributed by atoms with Crippen LogP contribution in [0.15, 0.2) is 303 Å². The van der Waals surface area contributed by atoms with Crippen LogP contribution in [0.3, 0.4) is 0 Å². The molecule has 0 bridgehead atoms. The first-order chi connectivity index (χ1) is 37.8. The molecule has 0 atom stereocenters. The molecule has 0 saturated heterocycles. The van der Waals surface area contributed by atoms with E-state index in [0.29, 0.717) is 0 Å². The summed E-state index contributed by atoms with van der Waals surface area (Å²) in [4.78, 5) is 0. The van der Waals surface area contributed by atoms with Gasteiger partial charge in [-0.25, -0.2) is 0 Å². The molecule has 0 fully saturated rings. The van der Waals surface area contributed by atoms with Crippen molar-refractivity contribution in [2.75, 3.05) is 0 Å². The topological polar surface area (TPSA) is 9.86 Å². The molecule has 2 nitrogen and oxygen atoms in total. The number of nitrogens with zero attached hydrogens (tertiary/aromatic N) is 2. The van der Waals surface area contributed by atoms with Crippen molar-refractivity contribution in [1.82, 2.24) is 9.13 Å². The van der Waals surface area contributed by atoms with Crippen LogP contribution in [-0.2, 0) is 0 Å². The second kappa shape index (κ2) is 17.7. The molecule has 2 aromatic heterocycles. The van der Waals surface area contributed by atoms with Gasteiger partial charge < -0.3 is 9.13 Å². The second-order valence-electron chi connectivity index (χ2n) is 20.2. The molecule has 3 heterocycles. The van der Waals surface area contributed by atoms with E-state index in [1.165, 1.54) is 107 Å². The van der Waals surface area contributed by atoms with Gasteiger partial charge in [0.2, 0.25) is 0 Å². The van der Waals surface area contributed by atoms with E-state index in [1.54, 1.807) is 0 Å². The van der Waals surface area contributed by atoms with Crippen LogP contribution in [0.4, 0.5) is 0 Å². The summed E-state index contributed by atoms with van der Waals surface area (Å²) in [5, 5.41) is 16.1. The summed E-state index contributed by atoms with van der Waals surface area (Å²) in [6.45, 7) is 0. The van der Waals surface area contributed by atoms with Gasteiger partial charge in [0.15, 0.2) is 16.1 Å². The second-order valence-corrected chi connectivity index (χ2v) is 27.7. The molecule has 4 heteroatoms. The molecule has 0 aliphatic carbocycles. The molecule has 12 aromatic carbocycles. The predicted molar refractivity (Wildman–Crippen MR) is 327 cm³/mol. The van der Waals surface area contributed by atoms with Crippen molar-refractivity contribution < 1.29 is 0 Å². The lowest BCUT2D eigenvalue weighted by Gasteiger charge is -2.34. The van der Waals surface area contributed by atoms with Gasteiger partial charge in [-0.05, 0) is 106 Å². The number of benzene rings is 12. The molecule has 15 rings (SSSR count). The molecule has 14 aromatic rings. The van der Waals surface area contributed by atoms with Crippen LogP contribution in [0.1, 0.15) is 0 Å². The van der Waals surface area contributed by atoms with E-state index in [1.807, 2.05) is 0 Å². The Labute approximate surface area is 444 Å². The van der Waals surface area contributed by atoms with Crippen LogP contribution in [0.2, 0.25) is 0 Å². The van der Waals surface area contributed by atoms with Crippen LogP contribution in [0, 0.1) is 0 Å². The molecule has 0 amide bonds. The first-order valence-corrected chi connectivity index (χ1v) is 30.4. The van der Waals surface area contributed by atoms with E-state index in [0.717, 1.165) is 11.4 Å².